The third-order valence-electron chi connectivity index (χ3n) is 6.11. The number of hydrogen-bond donors (Lipinski definition) is 2. The topological polar surface area (TPSA) is 104 Å². The zero-order chi connectivity index (χ0) is 27.8. The quantitative estimate of drug-likeness (QED) is 0.263. The Balaban J connectivity index is 1.51. The fourth-order valence-corrected chi connectivity index (χ4v) is 5.57. The minimum absolute atomic E-state index is 0.0630. The Kier molecular flexibility index (Phi) is 9.14. The zero-order valence-corrected chi connectivity index (χ0v) is 22.5. The maximum absolute atomic E-state index is 13.5. The van der Waals surface area contributed by atoms with Gasteiger partial charge in [0.2, 0.25) is 10.0 Å². The van der Waals surface area contributed by atoms with E-state index in [9.17, 15) is 23.1 Å². The number of amides is 1. The standard InChI is InChI=1S/C30H27ClN2O5S/c31-26-15-17-27(18-16-26)39(37,38)33(20-23-9-5-2-6-10-23)21-24-11-13-25(14-12-24)29(34)32-28(30(35)36)19-22-7-3-1-4-8-22/h1-18,28H,19-21H2,(H,32,34)(H,35,36). The number of aliphatic carboxylic acids is 1. The van der Waals surface area contributed by atoms with Gasteiger partial charge in [-0.1, -0.05) is 84.4 Å². The lowest BCUT2D eigenvalue weighted by Gasteiger charge is -2.23. The van der Waals surface area contributed by atoms with Gasteiger partial charge in [-0.25, -0.2) is 13.2 Å². The van der Waals surface area contributed by atoms with Gasteiger partial charge in [0.15, 0.2) is 0 Å². The highest BCUT2D eigenvalue weighted by Gasteiger charge is 2.26. The van der Waals surface area contributed by atoms with E-state index >= 15 is 0 Å². The largest absolute Gasteiger partial charge is 0.480 e. The van der Waals surface area contributed by atoms with E-state index in [2.05, 4.69) is 5.32 Å². The molecule has 1 amide bonds. The molecule has 1 unspecified atom stereocenters. The molecule has 1 atom stereocenters. The van der Waals surface area contributed by atoms with Crippen molar-refractivity contribution in [1.29, 1.82) is 0 Å². The number of nitrogens with one attached hydrogen (secondary N) is 1. The van der Waals surface area contributed by atoms with Gasteiger partial charge in [-0.2, -0.15) is 4.31 Å². The number of carboxylic acids is 1. The maximum Gasteiger partial charge on any atom is 0.326 e. The molecule has 0 aliphatic carbocycles. The Morgan fingerprint density at radius 2 is 1.26 bits per heavy atom. The van der Waals surface area contributed by atoms with Crippen LogP contribution in [0.2, 0.25) is 5.02 Å². The van der Waals surface area contributed by atoms with Crippen LogP contribution < -0.4 is 5.32 Å². The summed E-state index contributed by atoms with van der Waals surface area (Å²) in [6.07, 6.45) is 0.150. The predicted molar refractivity (Wildman–Crippen MR) is 150 cm³/mol. The molecule has 0 aliphatic heterocycles. The van der Waals surface area contributed by atoms with Crippen LogP contribution in [-0.2, 0) is 34.3 Å². The lowest BCUT2D eigenvalue weighted by atomic mass is 10.1. The lowest BCUT2D eigenvalue weighted by molar-refractivity contribution is -0.139. The summed E-state index contributed by atoms with van der Waals surface area (Å²) in [4.78, 5) is 24.7. The molecule has 4 aromatic carbocycles. The molecule has 0 aliphatic rings. The molecule has 0 radical (unpaired) electrons. The number of carboxylic acid groups (broad SMARTS) is 1. The summed E-state index contributed by atoms with van der Waals surface area (Å²) < 4.78 is 28.4. The molecule has 7 nitrogen and oxygen atoms in total. The fraction of sp³-hybridized carbons (Fsp3) is 0.133. The monoisotopic (exact) mass is 562 g/mol. The minimum atomic E-state index is -3.87. The van der Waals surface area contributed by atoms with Crippen LogP contribution in [0.1, 0.15) is 27.0 Å². The average molecular weight is 563 g/mol. The molecule has 0 aromatic heterocycles. The summed E-state index contributed by atoms with van der Waals surface area (Å²) in [5.74, 6) is -1.66. The van der Waals surface area contributed by atoms with Crippen LogP contribution in [0, 0.1) is 0 Å². The van der Waals surface area contributed by atoms with E-state index in [1.54, 1.807) is 36.4 Å². The van der Waals surface area contributed by atoms with E-state index in [0.29, 0.717) is 10.6 Å². The Hall–Kier alpha value is -3.98. The second-order valence-electron chi connectivity index (χ2n) is 8.96. The highest BCUT2D eigenvalue weighted by atomic mass is 35.5. The van der Waals surface area contributed by atoms with Crippen molar-refractivity contribution in [1.82, 2.24) is 9.62 Å². The van der Waals surface area contributed by atoms with Crippen LogP contribution >= 0.6 is 11.6 Å². The zero-order valence-electron chi connectivity index (χ0n) is 20.9. The van der Waals surface area contributed by atoms with Crippen LogP contribution in [0.5, 0.6) is 0 Å². The van der Waals surface area contributed by atoms with Gasteiger partial charge in [0.05, 0.1) is 4.90 Å². The van der Waals surface area contributed by atoms with Crippen molar-refractivity contribution in [2.75, 3.05) is 0 Å². The van der Waals surface area contributed by atoms with Gasteiger partial charge in [-0.15, -0.1) is 0 Å². The minimum Gasteiger partial charge on any atom is -0.480 e. The van der Waals surface area contributed by atoms with Crippen LogP contribution in [0.4, 0.5) is 0 Å². The number of halogens is 1. The SMILES string of the molecule is O=C(NC(Cc1ccccc1)C(=O)O)c1ccc(CN(Cc2ccccc2)S(=O)(=O)c2ccc(Cl)cc2)cc1. The van der Waals surface area contributed by atoms with Gasteiger partial charge in [0.1, 0.15) is 6.04 Å². The summed E-state index contributed by atoms with van der Waals surface area (Å²) in [6, 6.07) is 29.7. The molecule has 4 rings (SSSR count). The van der Waals surface area contributed by atoms with E-state index < -0.39 is 27.9 Å². The molecular weight excluding hydrogens is 536 g/mol. The van der Waals surface area contributed by atoms with Crippen LogP contribution in [0.25, 0.3) is 0 Å². The van der Waals surface area contributed by atoms with Crippen LogP contribution in [-0.4, -0.2) is 35.7 Å². The highest BCUT2D eigenvalue weighted by Crippen LogP contribution is 2.23. The third-order valence-corrected chi connectivity index (χ3v) is 8.17. The number of nitrogens with zero attached hydrogens (tertiary/aromatic N) is 1. The molecule has 0 saturated heterocycles. The second-order valence-corrected chi connectivity index (χ2v) is 11.3. The summed E-state index contributed by atoms with van der Waals surface area (Å²) in [5, 5.41) is 12.6. The van der Waals surface area contributed by atoms with Crippen molar-refractivity contribution < 1.29 is 23.1 Å². The molecule has 0 fully saturated rings. The second kappa shape index (κ2) is 12.7. The first kappa shape index (κ1) is 28.0. The number of carbonyl (C=O) groups is 2. The number of carbonyl (C=O) groups excluding carboxylic acids is 1. The van der Waals surface area contributed by atoms with E-state index in [4.69, 9.17) is 11.6 Å². The van der Waals surface area contributed by atoms with E-state index in [1.165, 1.54) is 28.6 Å². The van der Waals surface area contributed by atoms with Crippen molar-refractivity contribution in [3.8, 4) is 0 Å². The normalized spacial score (nSPS) is 12.2. The van der Waals surface area contributed by atoms with Crippen LogP contribution in [0.3, 0.4) is 0 Å². The fourth-order valence-electron chi connectivity index (χ4n) is 4.03. The first-order valence-electron chi connectivity index (χ1n) is 12.2. The van der Waals surface area contributed by atoms with Crippen LogP contribution in [0.15, 0.2) is 114 Å². The Labute approximate surface area is 232 Å². The first-order valence-corrected chi connectivity index (χ1v) is 14.0. The van der Waals surface area contributed by atoms with E-state index in [1.807, 2.05) is 48.5 Å². The molecular formula is C30H27ClN2O5S. The third kappa shape index (κ3) is 7.54. The maximum atomic E-state index is 13.5. The Morgan fingerprint density at radius 3 is 1.79 bits per heavy atom. The molecule has 0 saturated carbocycles. The summed E-state index contributed by atoms with van der Waals surface area (Å²) >= 11 is 5.96. The molecule has 2 N–H and O–H groups in total. The average Bonchev–Trinajstić information content (AvgIpc) is 2.94. The first-order chi connectivity index (χ1) is 18.7. The van der Waals surface area contributed by atoms with Gasteiger partial charge in [-0.3, -0.25) is 4.79 Å². The van der Waals surface area contributed by atoms with E-state index in [-0.39, 0.29) is 30.0 Å². The molecule has 39 heavy (non-hydrogen) atoms. The van der Waals surface area contributed by atoms with Crippen molar-refractivity contribution in [2.24, 2.45) is 0 Å². The molecule has 0 heterocycles. The van der Waals surface area contributed by atoms with E-state index in [0.717, 1.165) is 11.1 Å². The molecule has 9 heteroatoms. The van der Waals surface area contributed by atoms with Crippen molar-refractivity contribution >= 4 is 33.5 Å². The highest BCUT2D eigenvalue weighted by molar-refractivity contribution is 7.89. The summed E-state index contributed by atoms with van der Waals surface area (Å²) in [6.45, 7) is 0.210. The van der Waals surface area contributed by atoms with Crippen molar-refractivity contribution in [3.63, 3.8) is 0 Å². The van der Waals surface area contributed by atoms with Gasteiger partial charge >= 0.3 is 5.97 Å². The summed E-state index contributed by atoms with van der Waals surface area (Å²) in [5.41, 5.74) is 2.55. The number of rotatable bonds is 11. The molecule has 200 valence electrons. The molecule has 4 aromatic rings. The smallest absolute Gasteiger partial charge is 0.326 e. The van der Waals surface area contributed by atoms with Gasteiger partial charge in [0.25, 0.3) is 5.91 Å². The van der Waals surface area contributed by atoms with Gasteiger partial charge in [-0.05, 0) is 53.1 Å². The Bertz CT molecular complexity index is 1510. The summed E-state index contributed by atoms with van der Waals surface area (Å²) in [7, 11) is -3.87. The number of hydrogen-bond acceptors (Lipinski definition) is 4. The predicted octanol–water partition coefficient (Wildman–Crippen LogP) is 5.16. The molecule has 0 bridgehead atoms. The van der Waals surface area contributed by atoms with Crippen molar-refractivity contribution in [2.45, 2.75) is 30.4 Å². The van der Waals surface area contributed by atoms with Gasteiger partial charge in [0, 0.05) is 30.1 Å². The lowest BCUT2D eigenvalue weighted by Crippen LogP contribution is -2.42. The Morgan fingerprint density at radius 1 is 0.744 bits per heavy atom. The van der Waals surface area contributed by atoms with Gasteiger partial charge < -0.3 is 10.4 Å². The number of sulfonamides is 1. The molecule has 0 spiro atoms. The number of benzene rings is 4. The van der Waals surface area contributed by atoms with Crippen molar-refractivity contribution in [3.05, 3.63) is 136 Å².